The van der Waals surface area contributed by atoms with Gasteiger partial charge in [0, 0.05) is 25.0 Å². The second kappa shape index (κ2) is 3.44. The Morgan fingerprint density at radius 2 is 2.46 bits per heavy atom. The molecule has 1 fully saturated rings. The van der Waals surface area contributed by atoms with E-state index in [0.29, 0.717) is 6.04 Å². The van der Waals surface area contributed by atoms with Gasteiger partial charge in [-0.1, -0.05) is 6.07 Å². The van der Waals surface area contributed by atoms with Crippen molar-refractivity contribution < 1.29 is 5.11 Å². The van der Waals surface area contributed by atoms with E-state index < -0.39 is 0 Å². The number of hydrogen-bond acceptors (Lipinski definition) is 3. The van der Waals surface area contributed by atoms with E-state index in [1.54, 1.807) is 6.20 Å². The Morgan fingerprint density at radius 1 is 1.62 bits per heavy atom. The van der Waals surface area contributed by atoms with Gasteiger partial charge in [0.15, 0.2) is 0 Å². The number of rotatable bonds is 1. The molecule has 0 aromatic carbocycles. The molecule has 0 radical (unpaired) electrons. The van der Waals surface area contributed by atoms with Crippen molar-refractivity contribution in [3.63, 3.8) is 0 Å². The first-order valence-corrected chi connectivity index (χ1v) is 4.55. The van der Waals surface area contributed by atoms with Gasteiger partial charge >= 0.3 is 0 Å². The lowest BCUT2D eigenvalue weighted by atomic mass is 10.1. The van der Waals surface area contributed by atoms with E-state index in [1.807, 2.05) is 19.3 Å². The monoisotopic (exact) mass is 178 g/mol. The number of hydrogen-bond donors (Lipinski definition) is 1. The van der Waals surface area contributed by atoms with Crippen molar-refractivity contribution in [2.45, 2.75) is 18.6 Å². The summed E-state index contributed by atoms with van der Waals surface area (Å²) in [6, 6.07) is 4.34. The van der Waals surface area contributed by atoms with Crippen molar-refractivity contribution in [2.75, 3.05) is 13.6 Å². The van der Waals surface area contributed by atoms with Gasteiger partial charge in [-0.2, -0.15) is 0 Å². The molecule has 2 atom stereocenters. The van der Waals surface area contributed by atoms with E-state index in [9.17, 15) is 5.11 Å². The van der Waals surface area contributed by atoms with Crippen LogP contribution in [0.4, 0.5) is 0 Å². The molecule has 3 nitrogen and oxygen atoms in total. The van der Waals surface area contributed by atoms with Gasteiger partial charge in [-0.25, -0.2) is 0 Å². The van der Waals surface area contributed by atoms with Crippen molar-refractivity contribution in [2.24, 2.45) is 0 Å². The predicted molar refractivity (Wildman–Crippen MR) is 50.2 cm³/mol. The molecule has 0 bridgehead atoms. The predicted octanol–water partition coefficient (Wildman–Crippen LogP) is 0.819. The number of aliphatic hydroxyl groups is 1. The van der Waals surface area contributed by atoms with Crippen LogP contribution in [0.3, 0.4) is 0 Å². The Kier molecular flexibility index (Phi) is 2.29. The molecule has 1 unspecified atom stereocenters. The normalized spacial score (nSPS) is 29.4. The van der Waals surface area contributed by atoms with E-state index >= 15 is 0 Å². The number of aromatic nitrogens is 1. The first-order valence-electron chi connectivity index (χ1n) is 4.55. The van der Waals surface area contributed by atoms with E-state index in [2.05, 4.69) is 16.0 Å². The zero-order valence-electron chi connectivity index (χ0n) is 7.72. The summed E-state index contributed by atoms with van der Waals surface area (Å²) in [7, 11) is 2.04. The summed E-state index contributed by atoms with van der Waals surface area (Å²) in [6.45, 7) is 0.763. The van der Waals surface area contributed by atoms with Crippen molar-refractivity contribution in [3.8, 4) is 0 Å². The molecule has 2 rings (SSSR count). The van der Waals surface area contributed by atoms with Crippen molar-refractivity contribution in [3.05, 3.63) is 30.1 Å². The molecule has 1 aromatic heterocycles. The molecule has 2 heterocycles. The summed E-state index contributed by atoms with van der Waals surface area (Å²) < 4.78 is 0. The standard InChI is InChI=1S/C10H14N2O/c1-12-7-9(13)5-10(12)8-3-2-4-11-6-8/h2-4,6,9-10,13H,5,7H2,1H3/t9?,10-/m0/s1. The summed E-state index contributed by atoms with van der Waals surface area (Å²) in [4.78, 5) is 6.25. The summed E-state index contributed by atoms with van der Waals surface area (Å²) in [5.74, 6) is 0. The molecule has 0 saturated carbocycles. The van der Waals surface area contributed by atoms with Crippen LogP contribution in [0.5, 0.6) is 0 Å². The first kappa shape index (κ1) is 8.66. The highest BCUT2D eigenvalue weighted by molar-refractivity contribution is 5.15. The van der Waals surface area contributed by atoms with Crippen LogP contribution in [0.25, 0.3) is 0 Å². The maximum atomic E-state index is 9.47. The molecule has 1 aliphatic heterocycles. The van der Waals surface area contributed by atoms with Crippen LogP contribution in [-0.4, -0.2) is 34.7 Å². The summed E-state index contributed by atoms with van der Waals surface area (Å²) in [5.41, 5.74) is 1.20. The van der Waals surface area contributed by atoms with Gasteiger partial charge in [0.2, 0.25) is 0 Å². The Balaban J connectivity index is 2.18. The highest BCUT2D eigenvalue weighted by atomic mass is 16.3. The second-order valence-electron chi connectivity index (χ2n) is 3.63. The summed E-state index contributed by atoms with van der Waals surface area (Å²) in [5, 5.41) is 9.47. The fourth-order valence-corrected chi connectivity index (χ4v) is 1.94. The maximum absolute atomic E-state index is 9.47. The van der Waals surface area contributed by atoms with Crippen LogP contribution in [0.1, 0.15) is 18.0 Å². The highest BCUT2D eigenvalue weighted by Crippen LogP contribution is 2.29. The fourth-order valence-electron chi connectivity index (χ4n) is 1.94. The Hall–Kier alpha value is -0.930. The number of likely N-dealkylation sites (tertiary alicyclic amines) is 1. The molecule has 0 aliphatic carbocycles. The van der Waals surface area contributed by atoms with Crippen LogP contribution in [0, 0.1) is 0 Å². The second-order valence-corrected chi connectivity index (χ2v) is 3.63. The molecular formula is C10H14N2O. The van der Waals surface area contributed by atoms with Gasteiger partial charge in [0.25, 0.3) is 0 Å². The topological polar surface area (TPSA) is 36.4 Å². The quantitative estimate of drug-likeness (QED) is 0.691. The van der Waals surface area contributed by atoms with Crippen LogP contribution < -0.4 is 0 Å². The number of nitrogens with zero attached hydrogens (tertiary/aromatic N) is 2. The Bertz CT molecular complexity index is 276. The molecule has 0 amide bonds. The van der Waals surface area contributed by atoms with Crippen molar-refractivity contribution in [1.82, 2.24) is 9.88 Å². The molecular weight excluding hydrogens is 164 g/mol. The summed E-state index contributed by atoms with van der Waals surface area (Å²) in [6.07, 6.45) is 4.28. The molecule has 1 saturated heterocycles. The Labute approximate surface area is 78.0 Å². The third-order valence-corrected chi connectivity index (χ3v) is 2.60. The molecule has 1 aliphatic rings. The largest absolute Gasteiger partial charge is 0.392 e. The third kappa shape index (κ3) is 1.71. The van der Waals surface area contributed by atoms with E-state index in [1.165, 1.54) is 5.56 Å². The average Bonchev–Trinajstić information content (AvgIpc) is 2.47. The lowest BCUT2D eigenvalue weighted by Gasteiger charge is -2.18. The van der Waals surface area contributed by atoms with Gasteiger partial charge < -0.3 is 5.11 Å². The first-order chi connectivity index (χ1) is 6.27. The van der Waals surface area contributed by atoms with E-state index in [0.717, 1.165) is 13.0 Å². The van der Waals surface area contributed by atoms with Gasteiger partial charge in [-0.05, 0) is 25.1 Å². The average molecular weight is 178 g/mol. The molecule has 70 valence electrons. The van der Waals surface area contributed by atoms with Gasteiger partial charge in [0.1, 0.15) is 0 Å². The molecule has 1 aromatic rings. The molecule has 13 heavy (non-hydrogen) atoms. The third-order valence-electron chi connectivity index (χ3n) is 2.60. The lowest BCUT2D eigenvalue weighted by Crippen LogP contribution is -2.19. The van der Waals surface area contributed by atoms with Crippen molar-refractivity contribution >= 4 is 0 Å². The molecule has 0 spiro atoms. The van der Waals surface area contributed by atoms with Crippen LogP contribution in [0.15, 0.2) is 24.5 Å². The van der Waals surface area contributed by atoms with Crippen LogP contribution >= 0.6 is 0 Å². The zero-order valence-corrected chi connectivity index (χ0v) is 7.72. The Morgan fingerprint density at radius 3 is 3.00 bits per heavy atom. The number of likely N-dealkylation sites (N-methyl/N-ethyl adjacent to an activating group) is 1. The van der Waals surface area contributed by atoms with Gasteiger partial charge in [0.05, 0.1) is 6.10 Å². The van der Waals surface area contributed by atoms with E-state index in [-0.39, 0.29) is 6.10 Å². The van der Waals surface area contributed by atoms with Gasteiger partial charge in [-0.15, -0.1) is 0 Å². The highest BCUT2D eigenvalue weighted by Gasteiger charge is 2.28. The lowest BCUT2D eigenvalue weighted by molar-refractivity contribution is 0.182. The SMILES string of the molecule is CN1CC(O)C[C@H]1c1cccnc1. The summed E-state index contributed by atoms with van der Waals surface area (Å²) >= 11 is 0. The maximum Gasteiger partial charge on any atom is 0.0685 e. The van der Waals surface area contributed by atoms with E-state index in [4.69, 9.17) is 0 Å². The molecule has 3 heteroatoms. The van der Waals surface area contributed by atoms with Crippen molar-refractivity contribution in [1.29, 1.82) is 0 Å². The zero-order chi connectivity index (χ0) is 9.26. The smallest absolute Gasteiger partial charge is 0.0685 e. The number of β-amino-alcohol motifs (C(OH)–C–C–N with tert-alkyl or cyclic N) is 1. The fraction of sp³-hybridized carbons (Fsp3) is 0.500. The van der Waals surface area contributed by atoms with Crippen LogP contribution in [-0.2, 0) is 0 Å². The minimum atomic E-state index is -0.185. The van der Waals surface area contributed by atoms with Crippen LogP contribution in [0.2, 0.25) is 0 Å². The number of pyridine rings is 1. The number of aliphatic hydroxyl groups excluding tert-OH is 1. The molecule has 1 N–H and O–H groups in total. The minimum absolute atomic E-state index is 0.185. The minimum Gasteiger partial charge on any atom is -0.392 e. The van der Waals surface area contributed by atoms with Gasteiger partial charge in [-0.3, -0.25) is 9.88 Å².